The summed E-state index contributed by atoms with van der Waals surface area (Å²) in [6.07, 6.45) is 2.87. The molecule has 1 saturated heterocycles. The van der Waals surface area contributed by atoms with Crippen molar-refractivity contribution in [2.45, 2.75) is 39.3 Å². The highest BCUT2D eigenvalue weighted by Gasteiger charge is 2.16. The number of hydrogen-bond acceptors (Lipinski definition) is 2. The summed E-state index contributed by atoms with van der Waals surface area (Å²) >= 11 is 3.58. The van der Waals surface area contributed by atoms with Crippen molar-refractivity contribution in [3.05, 3.63) is 28.2 Å². The van der Waals surface area contributed by atoms with Crippen molar-refractivity contribution < 1.29 is 4.74 Å². The summed E-state index contributed by atoms with van der Waals surface area (Å²) in [6, 6.07) is 6.30. The Hall–Kier alpha value is -0.540. The van der Waals surface area contributed by atoms with Gasteiger partial charge in [-0.2, -0.15) is 0 Å². The fourth-order valence-electron chi connectivity index (χ4n) is 2.23. The zero-order chi connectivity index (χ0) is 12.3. The summed E-state index contributed by atoms with van der Waals surface area (Å²) in [5, 5.41) is 0. The van der Waals surface area contributed by atoms with Gasteiger partial charge in [0, 0.05) is 12.1 Å². The number of halogens is 1. The Morgan fingerprint density at radius 1 is 1.29 bits per heavy atom. The van der Waals surface area contributed by atoms with E-state index in [-0.39, 0.29) is 6.10 Å². The van der Waals surface area contributed by atoms with Gasteiger partial charge in [-0.3, -0.25) is 4.90 Å². The van der Waals surface area contributed by atoms with E-state index >= 15 is 0 Å². The van der Waals surface area contributed by atoms with Crippen LogP contribution in [0.5, 0.6) is 5.75 Å². The molecule has 0 amide bonds. The van der Waals surface area contributed by atoms with Gasteiger partial charge in [0.05, 0.1) is 10.6 Å². The van der Waals surface area contributed by atoms with Crippen LogP contribution >= 0.6 is 15.9 Å². The average molecular weight is 298 g/mol. The number of hydrogen-bond donors (Lipinski definition) is 0. The molecule has 0 radical (unpaired) electrons. The van der Waals surface area contributed by atoms with Crippen LogP contribution in [0, 0.1) is 0 Å². The summed E-state index contributed by atoms with van der Waals surface area (Å²) in [4.78, 5) is 2.50. The molecule has 0 aliphatic carbocycles. The van der Waals surface area contributed by atoms with E-state index in [4.69, 9.17) is 4.74 Å². The highest BCUT2D eigenvalue weighted by Crippen LogP contribution is 2.31. The smallest absolute Gasteiger partial charge is 0.138 e. The normalized spacial score (nSPS) is 16.7. The molecule has 0 bridgehead atoms. The van der Waals surface area contributed by atoms with E-state index in [1.165, 1.54) is 31.5 Å². The van der Waals surface area contributed by atoms with Gasteiger partial charge in [-0.15, -0.1) is 0 Å². The number of ether oxygens (including phenoxy) is 1. The van der Waals surface area contributed by atoms with Crippen LogP contribution in [-0.4, -0.2) is 24.1 Å². The minimum Gasteiger partial charge on any atom is -0.489 e. The molecule has 3 heteroatoms. The summed E-state index contributed by atoms with van der Waals surface area (Å²) < 4.78 is 6.97. The first-order valence-corrected chi connectivity index (χ1v) is 7.12. The lowest BCUT2D eigenvalue weighted by Gasteiger charge is -2.20. The van der Waals surface area contributed by atoms with E-state index in [1.807, 2.05) is 6.07 Å². The first kappa shape index (κ1) is 12.9. The topological polar surface area (TPSA) is 12.5 Å². The molecule has 17 heavy (non-hydrogen) atoms. The summed E-state index contributed by atoms with van der Waals surface area (Å²) in [6.45, 7) is 7.57. The third-order valence-electron chi connectivity index (χ3n) is 2.99. The van der Waals surface area contributed by atoms with Crippen LogP contribution in [0.15, 0.2) is 22.7 Å². The van der Waals surface area contributed by atoms with Gasteiger partial charge in [-0.25, -0.2) is 0 Å². The lowest BCUT2D eigenvalue weighted by Crippen LogP contribution is -2.19. The Bertz CT molecular complexity index is 372. The molecular weight excluding hydrogens is 278 g/mol. The third kappa shape index (κ3) is 3.46. The molecule has 2 rings (SSSR count). The fraction of sp³-hybridized carbons (Fsp3) is 0.571. The highest BCUT2D eigenvalue weighted by atomic mass is 79.9. The molecule has 2 nitrogen and oxygen atoms in total. The molecule has 1 aromatic rings. The predicted octanol–water partition coefficient (Wildman–Crippen LogP) is 3.83. The quantitative estimate of drug-likeness (QED) is 0.837. The minimum atomic E-state index is 0.214. The van der Waals surface area contributed by atoms with E-state index < -0.39 is 0 Å². The van der Waals surface area contributed by atoms with Crippen molar-refractivity contribution in [3.63, 3.8) is 0 Å². The van der Waals surface area contributed by atoms with Gasteiger partial charge in [-0.05, 0) is 61.8 Å². The van der Waals surface area contributed by atoms with E-state index in [2.05, 4.69) is 46.8 Å². The Morgan fingerprint density at radius 2 is 2.00 bits per heavy atom. The molecule has 94 valence electrons. The fourth-order valence-corrected chi connectivity index (χ4v) is 2.73. The number of para-hydroxylation sites is 1. The third-order valence-corrected chi connectivity index (χ3v) is 3.62. The Balaban J connectivity index is 2.16. The molecule has 1 aliphatic heterocycles. The number of rotatable bonds is 4. The van der Waals surface area contributed by atoms with Crippen molar-refractivity contribution in [1.29, 1.82) is 0 Å². The lowest BCUT2D eigenvalue weighted by molar-refractivity contribution is 0.232. The van der Waals surface area contributed by atoms with Crippen LogP contribution in [0.3, 0.4) is 0 Å². The average Bonchev–Trinajstić information content (AvgIpc) is 2.75. The van der Waals surface area contributed by atoms with Crippen molar-refractivity contribution in [2.75, 3.05) is 13.1 Å². The van der Waals surface area contributed by atoms with Crippen LogP contribution in [0.2, 0.25) is 0 Å². The van der Waals surface area contributed by atoms with Crippen LogP contribution < -0.4 is 4.74 Å². The summed E-state index contributed by atoms with van der Waals surface area (Å²) in [7, 11) is 0. The first-order chi connectivity index (χ1) is 8.16. The van der Waals surface area contributed by atoms with E-state index in [0.29, 0.717) is 0 Å². The minimum absolute atomic E-state index is 0.214. The second-order valence-corrected chi connectivity index (χ2v) is 5.73. The first-order valence-electron chi connectivity index (χ1n) is 6.33. The number of nitrogens with zero attached hydrogens (tertiary/aromatic N) is 1. The zero-order valence-corrected chi connectivity index (χ0v) is 12.2. The Labute approximate surface area is 112 Å². The van der Waals surface area contributed by atoms with Gasteiger partial charge in [-0.1, -0.05) is 12.1 Å². The van der Waals surface area contributed by atoms with Crippen molar-refractivity contribution in [2.24, 2.45) is 0 Å². The molecule has 1 aromatic carbocycles. The molecule has 0 N–H and O–H groups in total. The molecule has 0 unspecified atom stereocenters. The Morgan fingerprint density at radius 3 is 2.65 bits per heavy atom. The van der Waals surface area contributed by atoms with E-state index in [1.54, 1.807) is 0 Å². The van der Waals surface area contributed by atoms with Gasteiger partial charge in [0.25, 0.3) is 0 Å². The second-order valence-electron chi connectivity index (χ2n) is 4.88. The lowest BCUT2D eigenvalue weighted by atomic mass is 10.2. The van der Waals surface area contributed by atoms with Crippen LogP contribution in [0.1, 0.15) is 32.3 Å². The second kappa shape index (κ2) is 5.87. The molecule has 1 fully saturated rings. The van der Waals surface area contributed by atoms with Gasteiger partial charge < -0.3 is 4.74 Å². The van der Waals surface area contributed by atoms with Gasteiger partial charge in [0.1, 0.15) is 5.75 Å². The van der Waals surface area contributed by atoms with Crippen molar-refractivity contribution in [3.8, 4) is 5.75 Å². The number of likely N-dealkylation sites (tertiary alicyclic amines) is 1. The Kier molecular flexibility index (Phi) is 4.46. The van der Waals surface area contributed by atoms with Gasteiger partial charge in [0.15, 0.2) is 0 Å². The molecule has 1 heterocycles. The van der Waals surface area contributed by atoms with Crippen molar-refractivity contribution >= 4 is 15.9 Å². The summed E-state index contributed by atoms with van der Waals surface area (Å²) in [5.41, 5.74) is 1.29. The molecule has 0 spiro atoms. The highest BCUT2D eigenvalue weighted by molar-refractivity contribution is 9.10. The van der Waals surface area contributed by atoms with Crippen LogP contribution in [0.4, 0.5) is 0 Å². The van der Waals surface area contributed by atoms with Crippen LogP contribution in [0.25, 0.3) is 0 Å². The van der Waals surface area contributed by atoms with Crippen molar-refractivity contribution in [1.82, 2.24) is 4.90 Å². The molecule has 0 atom stereocenters. The maximum absolute atomic E-state index is 5.91. The largest absolute Gasteiger partial charge is 0.489 e. The SMILES string of the molecule is CC(C)Oc1c(Br)cccc1CN1CCCC1. The molecule has 0 aromatic heterocycles. The van der Waals surface area contributed by atoms with E-state index in [9.17, 15) is 0 Å². The maximum Gasteiger partial charge on any atom is 0.138 e. The molecule has 1 aliphatic rings. The van der Waals surface area contributed by atoms with Crippen LogP contribution in [-0.2, 0) is 6.54 Å². The van der Waals surface area contributed by atoms with E-state index in [0.717, 1.165) is 16.8 Å². The maximum atomic E-state index is 5.91. The number of benzene rings is 1. The zero-order valence-electron chi connectivity index (χ0n) is 10.6. The molecule has 0 saturated carbocycles. The van der Waals surface area contributed by atoms with Gasteiger partial charge in [0.2, 0.25) is 0 Å². The summed E-state index contributed by atoms with van der Waals surface area (Å²) in [5.74, 6) is 1.01. The monoisotopic (exact) mass is 297 g/mol. The standard InChI is InChI=1S/C14H20BrNO/c1-11(2)17-14-12(6-5-7-13(14)15)10-16-8-3-4-9-16/h5-7,11H,3-4,8-10H2,1-2H3. The molecular formula is C14H20BrNO. The van der Waals surface area contributed by atoms with Gasteiger partial charge >= 0.3 is 0 Å². The predicted molar refractivity (Wildman–Crippen MR) is 74.4 cm³/mol.